The molecule has 0 unspecified atom stereocenters. The van der Waals surface area contributed by atoms with Crippen molar-refractivity contribution in [2.24, 2.45) is 0 Å². The van der Waals surface area contributed by atoms with Gasteiger partial charge in [0.05, 0.1) is 11.9 Å². The van der Waals surface area contributed by atoms with Crippen molar-refractivity contribution in [3.8, 4) is 0 Å². The third kappa shape index (κ3) is 4.23. The molecule has 0 saturated heterocycles. The second-order valence-corrected chi connectivity index (χ2v) is 6.18. The first-order valence-corrected chi connectivity index (χ1v) is 8.19. The fraction of sp³-hybridized carbons (Fsp3) is 0.143. The van der Waals surface area contributed by atoms with Crippen LogP contribution < -0.4 is 10.6 Å². The minimum absolute atomic E-state index is 0.221. The van der Waals surface area contributed by atoms with Crippen molar-refractivity contribution in [1.29, 1.82) is 0 Å². The van der Waals surface area contributed by atoms with Crippen LogP contribution in [0.5, 0.6) is 0 Å². The van der Waals surface area contributed by atoms with Gasteiger partial charge in [-0.3, -0.25) is 4.79 Å². The number of aromatic nitrogens is 1. The Hall–Kier alpha value is -3.14. The topological polar surface area (TPSA) is 54.0 Å². The third-order valence-electron chi connectivity index (χ3n) is 4.10. The van der Waals surface area contributed by atoms with E-state index < -0.39 is 0 Å². The summed E-state index contributed by atoms with van der Waals surface area (Å²) in [6.45, 7) is 6.17. The van der Waals surface area contributed by atoms with Gasteiger partial charge in [0.15, 0.2) is 0 Å². The van der Waals surface area contributed by atoms with E-state index in [0.29, 0.717) is 5.69 Å². The third-order valence-corrected chi connectivity index (χ3v) is 4.10. The van der Waals surface area contributed by atoms with Crippen molar-refractivity contribution in [3.63, 3.8) is 0 Å². The van der Waals surface area contributed by atoms with Crippen molar-refractivity contribution in [1.82, 2.24) is 4.98 Å². The molecule has 0 fully saturated rings. The molecule has 0 aliphatic rings. The van der Waals surface area contributed by atoms with Gasteiger partial charge >= 0.3 is 0 Å². The summed E-state index contributed by atoms with van der Waals surface area (Å²) in [6, 6.07) is 17.4. The number of nitrogens with one attached hydrogen (secondary N) is 2. The Kier molecular flexibility index (Phi) is 4.80. The first kappa shape index (κ1) is 16.7. The highest BCUT2D eigenvalue weighted by atomic mass is 16.1. The van der Waals surface area contributed by atoms with Gasteiger partial charge in [-0.2, -0.15) is 0 Å². The molecule has 0 radical (unpaired) electrons. The monoisotopic (exact) mass is 331 g/mol. The summed E-state index contributed by atoms with van der Waals surface area (Å²) in [5.41, 5.74) is 6.62. The van der Waals surface area contributed by atoms with Crippen molar-refractivity contribution in [2.45, 2.75) is 20.8 Å². The van der Waals surface area contributed by atoms with Crippen molar-refractivity contribution >= 4 is 23.0 Å². The largest absolute Gasteiger partial charge is 0.354 e. The van der Waals surface area contributed by atoms with Crippen LogP contribution in [0.2, 0.25) is 0 Å². The van der Waals surface area contributed by atoms with E-state index in [2.05, 4.69) is 41.6 Å². The molecule has 2 aromatic carbocycles. The van der Waals surface area contributed by atoms with Crippen LogP contribution in [0, 0.1) is 20.8 Å². The smallest absolute Gasteiger partial charge is 0.274 e. The van der Waals surface area contributed by atoms with E-state index in [-0.39, 0.29) is 5.91 Å². The summed E-state index contributed by atoms with van der Waals surface area (Å²) >= 11 is 0. The molecule has 0 atom stereocenters. The van der Waals surface area contributed by atoms with E-state index in [1.54, 1.807) is 12.3 Å². The van der Waals surface area contributed by atoms with E-state index in [1.807, 2.05) is 43.3 Å². The van der Waals surface area contributed by atoms with E-state index in [1.165, 1.54) is 11.1 Å². The number of carbonyl (C=O) groups is 1. The van der Waals surface area contributed by atoms with E-state index in [4.69, 9.17) is 0 Å². The Morgan fingerprint density at radius 1 is 0.800 bits per heavy atom. The van der Waals surface area contributed by atoms with Crippen molar-refractivity contribution in [2.75, 3.05) is 10.6 Å². The van der Waals surface area contributed by atoms with Gasteiger partial charge in [-0.05, 0) is 68.3 Å². The van der Waals surface area contributed by atoms with Gasteiger partial charge in [-0.15, -0.1) is 0 Å². The summed E-state index contributed by atoms with van der Waals surface area (Å²) in [7, 11) is 0. The molecule has 0 aliphatic heterocycles. The van der Waals surface area contributed by atoms with Gasteiger partial charge in [-0.25, -0.2) is 4.98 Å². The molecule has 1 aromatic heterocycles. The number of anilines is 3. The summed E-state index contributed by atoms with van der Waals surface area (Å²) in [4.78, 5) is 16.5. The summed E-state index contributed by atoms with van der Waals surface area (Å²) < 4.78 is 0. The fourth-order valence-electron chi connectivity index (χ4n) is 2.42. The molecule has 2 N–H and O–H groups in total. The van der Waals surface area contributed by atoms with Crippen LogP contribution in [0.1, 0.15) is 27.2 Å². The lowest BCUT2D eigenvalue weighted by Gasteiger charge is -2.09. The van der Waals surface area contributed by atoms with Gasteiger partial charge < -0.3 is 10.6 Å². The zero-order chi connectivity index (χ0) is 17.8. The molecule has 25 heavy (non-hydrogen) atoms. The standard InChI is InChI=1S/C21H21N3O/c1-14-4-7-17(8-5-14)24-21(25)20-11-10-19(13-22-20)23-18-9-6-15(2)16(3)12-18/h4-13,23H,1-3H3,(H,24,25). The molecule has 4 nitrogen and oxygen atoms in total. The molecular formula is C21H21N3O. The average Bonchev–Trinajstić information content (AvgIpc) is 2.61. The summed E-state index contributed by atoms with van der Waals surface area (Å²) in [6.07, 6.45) is 1.67. The molecule has 3 rings (SSSR count). The number of amides is 1. The lowest BCUT2D eigenvalue weighted by molar-refractivity contribution is 0.102. The van der Waals surface area contributed by atoms with Gasteiger partial charge in [0.1, 0.15) is 5.69 Å². The lowest BCUT2D eigenvalue weighted by atomic mass is 10.1. The number of rotatable bonds is 4. The first-order chi connectivity index (χ1) is 12.0. The van der Waals surface area contributed by atoms with Crippen LogP contribution in [0.3, 0.4) is 0 Å². The number of benzene rings is 2. The zero-order valence-corrected chi connectivity index (χ0v) is 14.6. The molecule has 126 valence electrons. The molecule has 4 heteroatoms. The van der Waals surface area contributed by atoms with Crippen LogP contribution in [-0.4, -0.2) is 10.9 Å². The molecule has 3 aromatic rings. The van der Waals surface area contributed by atoms with Crippen molar-refractivity contribution < 1.29 is 4.79 Å². The number of aryl methyl sites for hydroxylation is 3. The second-order valence-electron chi connectivity index (χ2n) is 6.18. The van der Waals surface area contributed by atoms with Crippen molar-refractivity contribution in [3.05, 3.63) is 83.2 Å². The van der Waals surface area contributed by atoms with Gasteiger partial charge in [0.25, 0.3) is 5.91 Å². The Bertz CT molecular complexity index is 884. The van der Waals surface area contributed by atoms with Crippen LogP contribution in [0.4, 0.5) is 17.1 Å². The number of carbonyl (C=O) groups excluding carboxylic acids is 1. The highest BCUT2D eigenvalue weighted by Gasteiger charge is 2.08. The van der Waals surface area contributed by atoms with Crippen LogP contribution in [-0.2, 0) is 0 Å². The fourth-order valence-corrected chi connectivity index (χ4v) is 2.42. The zero-order valence-electron chi connectivity index (χ0n) is 14.6. The lowest BCUT2D eigenvalue weighted by Crippen LogP contribution is -2.13. The number of pyridine rings is 1. The Balaban J connectivity index is 1.67. The molecule has 0 spiro atoms. The molecule has 0 bridgehead atoms. The highest BCUT2D eigenvalue weighted by molar-refractivity contribution is 6.02. The number of nitrogens with zero attached hydrogens (tertiary/aromatic N) is 1. The van der Waals surface area contributed by atoms with E-state index >= 15 is 0 Å². The van der Waals surface area contributed by atoms with Crippen LogP contribution >= 0.6 is 0 Å². The molecule has 0 saturated carbocycles. The summed E-state index contributed by atoms with van der Waals surface area (Å²) in [5, 5.41) is 6.15. The quantitative estimate of drug-likeness (QED) is 0.707. The Labute approximate surface area is 147 Å². The van der Waals surface area contributed by atoms with E-state index in [0.717, 1.165) is 22.6 Å². The maximum atomic E-state index is 12.3. The predicted molar refractivity (Wildman–Crippen MR) is 103 cm³/mol. The van der Waals surface area contributed by atoms with E-state index in [9.17, 15) is 4.79 Å². The minimum Gasteiger partial charge on any atom is -0.354 e. The molecule has 1 heterocycles. The van der Waals surface area contributed by atoms with Gasteiger partial charge in [0.2, 0.25) is 0 Å². The Morgan fingerprint density at radius 3 is 2.12 bits per heavy atom. The normalized spacial score (nSPS) is 10.4. The van der Waals surface area contributed by atoms with Gasteiger partial charge in [-0.1, -0.05) is 23.8 Å². The number of hydrogen-bond acceptors (Lipinski definition) is 3. The maximum absolute atomic E-state index is 12.3. The Morgan fingerprint density at radius 2 is 1.48 bits per heavy atom. The molecular weight excluding hydrogens is 310 g/mol. The first-order valence-electron chi connectivity index (χ1n) is 8.19. The maximum Gasteiger partial charge on any atom is 0.274 e. The van der Waals surface area contributed by atoms with Crippen LogP contribution in [0.25, 0.3) is 0 Å². The van der Waals surface area contributed by atoms with Gasteiger partial charge in [0, 0.05) is 11.4 Å². The summed E-state index contributed by atoms with van der Waals surface area (Å²) in [5.74, 6) is -0.221. The number of hydrogen-bond donors (Lipinski definition) is 2. The predicted octanol–water partition coefficient (Wildman–Crippen LogP) is 5.00. The average molecular weight is 331 g/mol. The SMILES string of the molecule is Cc1ccc(NC(=O)c2ccc(Nc3ccc(C)c(C)c3)cn2)cc1. The highest BCUT2D eigenvalue weighted by Crippen LogP contribution is 2.19. The van der Waals surface area contributed by atoms with Crippen LogP contribution in [0.15, 0.2) is 60.8 Å². The molecule has 0 aliphatic carbocycles. The minimum atomic E-state index is -0.221. The second kappa shape index (κ2) is 7.18. The molecule has 1 amide bonds.